The Morgan fingerprint density at radius 2 is 1.60 bits per heavy atom. The quantitative estimate of drug-likeness (QED) is 0.907. The van der Waals surface area contributed by atoms with Crippen LogP contribution in [0, 0.1) is 5.92 Å². The number of benzene rings is 2. The lowest BCUT2D eigenvalue weighted by Crippen LogP contribution is -2.39. The van der Waals surface area contributed by atoms with E-state index in [0.29, 0.717) is 13.1 Å². The Morgan fingerprint density at radius 3 is 2.28 bits per heavy atom. The number of carbonyl (C=O) groups is 2. The molecule has 0 atom stereocenters. The summed E-state index contributed by atoms with van der Waals surface area (Å²) in [5, 5.41) is 8.91. The first-order valence-electron chi connectivity index (χ1n) is 8.76. The number of carbonyl (C=O) groups excluding carboxylic acids is 1. The topological polar surface area (TPSA) is 57.6 Å². The molecule has 1 heterocycles. The van der Waals surface area contributed by atoms with Gasteiger partial charge in [-0.05, 0) is 42.4 Å². The number of carboxylic acids is 1. The Kier molecular flexibility index (Phi) is 5.49. The van der Waals surface area contributed by atoms with Crippen molar-refractivity contribution in [3.05, 3.63) is 71.3 Å². The first kappa shape index (κ1) is 17.2. The Hall–Kier alpha value is -2.62. The van der Waals surface area contributed by atoms with E-state index in [2.05, 4.69) is 12.1 Å². The van der Waals surface area contributed by atoms with E-state index >= 15 is 0 Å². The number of likely N-dealkylation sites (tertiary alicyclic amines) is 1. The fourth-order valence-electron chi connectivity index (χ4n) is 3.46. The molecule has 1 amide bonds. The van der Waals surface area contributed by atoms with E-state index < -0.39 is 5.97 Å². The average molecular weight is 337 g/mol. The molecule has 0 aliphatic carbocycles. The molecule has 2 aromatic rings. The Morgan fingerprint density at radius 1 is 0.960 bits per heavy atom. The zero-order chi connectivity index (χ0) is 17.6. The zero-order valence-electron chi connectivity index (χ0n) is 14.2. The van der Waals surface area contributed by atoms with Gasteiger partial charge in [-0.1, -0.05) is 48.5 Å². The normalized spacial score (nSPS) is 15.1. The van der Waals surface area contributed by atoms with Crippen molar-refractivity contribution in [2.45, 2.75) is 25.7 Å². The number of carboxylic acid groups (broad SMARTS) is 1. The minimum Gasteiger partial charge on any atom is -0.481 e. The minimum absolute atomic E-state index is 0.0558. The van der Waals surface area contributed by atoms with Gasteiger partial charge in [0.1, 0.15) is 0 Å². The van der Waals surface area contributed by atoms with Crippen molar-refractivity contribution in [3.8, 4) is 0 Å². The Bertz CT molecular complexity index is 734. The number of hydrogen-bond acceptors (Lipinski definition) is 2. The van der Waals surface area contributed by atoms with E-state index in [1.165, 1.54) is 5.56 Å². The molecule has 2 aromatic carbocycles. The summed E-state index contributed by atoms with van der Waals surface area (Å²) in [4.78, 5) is 25.7. The van der Waals surface area contributed by atoms with Crippen LogP contribution >= 0.6 is 0 Å². The van der Waals surface area contributed by atoms with Crippen LogP contribution in [0.3, 0.4) is 0 Å². The highest BCUT2D eigenvalue weighted by molar-refractivity contribution is 5.95. The second kappa shape index (κ2) is 7.97. The molecule has 25 heavy (non-hydrogen) atoms. The third-order valence-corrected chi connectivity index (χ3v) is 4.85. The molecule has 0 radical (unpaired) electrons. The summed E-state index contributed by atoms with van der Waals surface area (Å²) in [5.74, 6) is -0.514. The van der Waals surface area contributed by atoms with Crippen LogP contribution in [0.5, 0.6) is 0 Å². The van der Waals surface area contributed by atoms with Gasteiger partial charge >= 0.3 is 5.97 Å². The van der Waals surface area contributed by atoms with Gasteiger partial charge < -0.3 is 10.0 Å². The number of amides is 1. The molecular formula is C21H23NO3. The molecule has 1 fully saturated rings. The van der Waals surface area contributed by atoms with Gasteiger partial charge in [-0.3, -0.25) is 9.59 Å². The van der Waals surface area contributed by atoms with Crippen LogP contribution in [0.25, 0.3) is 0 Å². The molecule has 4 nitrogen and oxygen atoms in total. The number of rotatable bonds is 5. The third-order valence-electron chi connectivity index (χ3n) is 4.85. The Labute approximate surface area is 148 Å². The molecule has 1 saturated heterocycles. The molecule has 1 aliphatic rings. The van der Waals surface area contributed by atoms with Gasteiger partial charge in [0.05, 0.1) is 0 Å². The summed E-state index contributed by atoms with van der Waals surface area (Å²) in [6, 6.07) is 17.9. The number of nitrogens with zero attached hydrogens (tertiary/aromatic N) is 1. The predicted octanol–water partition coefficient (Wildman–Crippen LogP) is 3.60. The van der Waals surface area contributed by atoms with Crippen molar-refractivity contribution in [2.24, 2.45) is 5.92 Å². The molecule has 0 spiro atoms. The van der Waals surface area contributed by atoms with Crippen LogP contribution in [-0.4, -0.2) is 35.0 Å². The molecule has 4 heteroatoms. The summed E-state index contributed by atoms with van der Waals surface area (Å²) in [6.07, 6.45) is 2.46. The summed E-state index contributed by atoms with van der Waals surface area (Å²) >= 11 is 0. The van der Waals surface area contributed by atoms with E-state index in [0.717, 1.165) is 30.4 Å². The van der Waals surface area contributed by atoms with Crippen LogP contribution in [0.4, 0.5) is 0 Å². The third kappa shape index (κ3) is 4.47. The fourth-order valence-corrected chi connectivity index (χ4v) is 3.46. The molecule has 130 valence electrons. The van der Waals surface area contributed by atoms with Crippen LogP contribution in [0.15, 0.2) is 54.6 Å². The number of hydrogen-bond donors (Lipinski definition) is 1. The van der Waals surface area contributed by atoms with Crippen LogP contribution in [0.2, 0.25) is 0 Å². The molecule has 0 aromatic heterocycles. The second-order valence-electron chi connectivity index (χ2n) is 6.65. The zero-order valence-corrected chi connectivity index (χ0v) is 14.2. The number of piperidine rings is 1. The van der Waals surface area contributed by atoms with Gasteiger partial charge in [-0.2, -0.15) is 0 Å². The summed E-state index contributed by atoms with van der Waals surface area (Å²) < 4.78 is 0. The molecule has 0 unspecified atom stereocenters. The van der Waals surface area contributed by atoms with Crippen molar-refractivity contribution in [3.63, 3.8) is 0 Å². The van der Waals surface area contributed by atoms with Gasteiger partial charge in [-0.15, -0.1) is 0 Å². The highest BCUT2D eigenvalue weighted by Crippen LogP contribution is 2.23. The highest BCUT2D eigenvalue weighted by atomic mass is 16.4. The standard InChI is InChI=1S/C21H23NO3/c23-20(24)15-17-10-12-22(13-11-17)21(25)19-9-5-4-8-18(19)14-16-6-2-1-3-7-16/h1-9,17H,10-15H2,(H,23,24). The predicted molar refractivity (Wildman–Crippen MR) is 96.6 cm³/mol. The van der Waals surface area contributed by atoms with Crippen molar-refractivity contribution >= 4 is 11.9 Å². The van der Waals surface area contributed by atoms with E-state index in [4.69, 9.17) is 5.11 Å². The summed E-state index contributed by atoms with van der Waals surface area (Å²) in [7, 11) is 0. The largest absolute Gasteiger partial charge is 0.481 e. The molecular weight excluding hydrogens is 314 g/mol. The lowest BCUT2D eigenvalue weighted by molar-refractivity contribution is -0.138. The van der Waals surface area contributed by atoms with E-state index in [-0.39, 0.29) is 18.2 Å². The average Bonchev–Trinajstić information content (AvgIpc) is 2.63. The summed E-state index contributed by atoms with van der Waals surface area (Å²) in [6.45, 7) is 1.27. The van der Waals surface area contributed by atoms with E-state index in [9.17, 15) is 9.59 Å². The SMILES string of the molecule is O=C(O)CC1CCN(C(=O)c2ccccc2Cc2ccccc2)CC1. The first-order valence-corrected chi connectivity index (χ1v) is 8.76. The van der Waals surface area contributed by atoms with Crippen LogP contribution in [0.1, 0.15) is 40.7 Å². The summed E-state index contributed by atoms with van der Waals surface area (Å²) in [5.41, 5.74) is 2.97. The molecule has 3 rings (SSSR count). The van der Waals surface area contributed by atoms with Crippen LogP contribution < -0.4 is 0 Å². The lowest BCUT2D eigenvalue weighted by Gasteiger charge is -2.32. The maximum absolute atomic E-state index is 12.9. The number of aliphatic carboxylic acids is 1. The molecule has 1 aliphatic heterocycles. The monoisotopic (exact) mass is 337 g/mol. The van der Waals surface area contributed by atoms with Gasteiger partial charge in [0, 0.05) is 25.1 Å². The lowest BCUT2D eigenvalue weighted by atomic mass is 9.92. The Balaban J connectivity index is 1.70. The van der Waals surface area contributed by atoms with Gasteiger partial charge in [-0.25, -0.2) is 0 Å². The van der Waals surface area contributed by atoms with Gasteiger partial charge in [0.25, 0.3) is 5.91 Å². The van der Waals surface area contributed by atoms with Gasteiger partial charge in [0.15, 0.2) is 0 Å². The first-order chi connectivity index (χ1) is 12.1. The minimum atomic E-state index is -0.752. The van der Waals surface area contributed by atoms with Crippen molar-refractivity contribution < 1.29 is 14.7 Å². The maximum Gasteiger partial charge on any atom is 0.303 e. The maximum atomic E-state index is 12.9. The molecule has 0 saturated carbocycles. The molecule has 1 N–H and O–H groups in total. The molecule has 0 bridgehead atoms. The van der Waals surface area contributed by atoms with Crippen molar-refractivity contribution in [2.75, 3.05) is 13.1 Å². The van der Waals surface area contributed by atoms with E-state index in [1.54, 1.807) is 0 Å². The van der Waals surface area contributed by atoms with Gasteiger partial charge in [0.2, 0.25) is 0 Å². The highest BCUT2D eigenvalue weighted by Gasteiger charge is 2.26. The smallest absolute Gasteiger partial charge is 0.303 e. The van der Waals surface area contributed by atoms with Crippen molar-refractivity contribution in [1.82, 2.24) is 4.90 Å². The fraction of sp³-hybridized carbons (Fsp3) is 0.333. The van der Waals surface area contributed by atoms with E-state index in [1.807, 2.05) is 47.4 Å². The second-order valence-corrected chi connectivity index (χ2v) is 6.65. The van der Waals surface area contributed by atoms with Crippen molar-refractivity contribution in [1.29, 1.82) is 0 Å². The van der Waals surface area contributed by atoms with Crippen LogP contribution in [-0.2, 0) is 11.2 Å².